The van der Waals surface area contributed by atoms with Gasteiger partial charge in [-0.25, -0.2) is 0 Å². The van der Waals surface area contributed by atoms with Gasteiger partial charge in [0.2, 0.25) is 0 Å². The van der Waals surface area contributed by atoms with Crippen LogP contribution in [-0.4, -0.2) is 14.9 Å². The smallest absolute Gasteiger partial charge is 0.290 e. The molecule has 0 aliphatic rings. The number of aromatic nitrogens is 2. The predicted octanol–water partition coefficient (Wildman–Crippen LogP) is 2.68. The van der Waals surface area contributed by atoms with E-state index in [1.54, 1.807) is 36.6 Å². The van der Waals surface area contributed by atoms with Crippen molar-refractivity contribution in [3.8, 4) is 5.75 Å². The lowest BCUT2D eigenvalue weighted by molar-refractivity contribution is 0.473. The van der Waals surface area contributed by atoms with Gasteiger partial charge in [0.15, 0.2) is 0 Å². The van der Waals surface area contributed by atoms with E-state index in [0.29, 0.717) is 17.9 Å². The second-order valence-electron chi connectivity index (χ2n) is 5.82. The van der Waals surface area contributed by atoms with Crippen LogP contribution in [-0.2, 0) is 7.05 Å². The summed E-state index contributed by atoms with van der Waals surface area (Å²) in [6, 6.07) is 9.75. The summed E-state index contributed by atoms with van der Waals surface area (Å²) in [6.45, 7) is 1.94. The highest BCUT2D eigenvalue weighted by Gasteiger charge is 2.20. The SMILES string of the molecule is CCC(Nc1c(Nc2ccccc2O)c(=O)n(C)[nH]c1=O)c1ccco1. The van der Waals surface area contributed by atoms with Crippen molar-refractivity contribution < 1.29 is 9.52 Å². The van der Waals surface area contributed by atoms with Gasteiger partial charge >= 0.3 is 0 Å². The summed E-state index contributed by atoms with van der Waals surface area (Å²) in [5.41, 5.74) is -0.452. The molecule has 1 unspecified atom stereocenters. The highest BCUT2D eigenvalue weighted by atomic mass is 16.3. The minimum Gasteiger partial charge on any atom is -0.506 e. The van der Waals surface area contributed by atoms with Gasteiger partial charge < -0.3 is 20.2 Å². The summed E-state index contributed by atoms with van der Waals surface area (Å²) in [6.07, 6.45) is 2.19. The van der Waals surface area contributed by atoms with Crippen molar-refractivity contribution in [3.63, 3.8) is 0 Å². The molecule has 0 saturated heterocycles. The van der Waals surface area contributed by atoms with Crippen molar-refractivity contribution in [2.75, 3.05) is 10.6 Å². The van der Waals surface area contributed by atoms with Crippen LogP contribution < -0.4 is 21.8 Å². The maximum atomic E-state index is 12.6. The van der Waals surface area contributed by atoms with Crippen molar-refractivity contribution in [2.45, 2.75) is 19.4 Å². The molecule has 136 valence electrons. The molecule has 1 atom stereocenters. The molecular weight excluding hydrogens is 336 g/mol. The molecule has 0 aliphatic heterocycles. The molecule has 0 aliphatic carbocycles. The third kappa shape index (κ3) is 3.34. The number of anilines is 3. The van der Waals surface area contributed by atoms with Gasteiger partial charge in [0, 0.05) is 7.05 Å². The number of phenolic OH excluding ortho intramolecular Hbond substituents is 1. The Bertz CT molecular complexity index is 1000. The monoisotopic (exact) mass is 356 g/mol. The number of H-pyrrole nitrogens is 1. The number of nitrogens with zero attached hydrogens (tertiary/aromatic N) is 1. The number of aromatic amines is 1. The zero-order valence-corrected chi connectivity index (χ0v) is 14.4. The molecule has 8 nitrogen and oxygen atoms in total. The molecule has 1 aromatic carbocycles. The molecule has 0 bridgehead atoms. The standard InChI is InChI=1S/C18H20N4O4/c1-3-11(14-9-6-10-26-14)19-15-16(18(25)22(2)21-17(15)24)20-12-7-4-5-8-13(12)23/h4-11,19-20,23H,3H2,1-2H3,(H,21,24). The van der Waals surface area contributed by atoms with Crippen LogP contribution in [0.3, 0.4) is 0 Å². The van der Waals surface area contributed by atoms with Gasteiger partial charge in [0.1, 0.15) is 22.9 Å². The Balaban J connectivity index is 2.07. The van der Waals surface area contributed by atoms with E-state index >= 15 is 0 Å². The first kappa shape index (κ1) is 17.4. The second kappa shape index (κ2) is 7.22. The zero-order chi connectivity index (χ0) is 18.7. The lowest BCUT2D eigenvalue weighted by Gasteiger charge is -2.19. The molecule has 3 aromatic rings. The van der Waals surface area contributed by atoms with Crippen molar-refractivity contribution in [1.29, 1.82) is 0 Å². The average Bonchev–Trinajstić information content (AvgIpc) is 3.15. The summed E-state index contributed by atoms with van der Waals surface area (Å²) >= 11 is 0. The van der Waals surface area contributed by atoms with E-state index in [1.807, 2.05) is 6.92 Å². The maximum absolute atomic E-state index is 12.6. The second-order valence-corrected chi connectivity index (χ2v) is 5.82. The number of aryl methyl sites for hydroxylation is 1. The number of rotatable bonds is 6. The maximum Gasteiger partial charge on any atom is 0.290 e. The molecule has 3 rings (SSSR count). The van der Waals surface area contributed by atoms with E-state index in [4.69, 9.17) is 4.42 Å². The van der Waals surface area contributed by atoms with Crippen LogP contribution in [0.25, 0.3) is 0 Å². The topological polar surface area (TPSA) is 112 Å². The fourth-order valence-electron chi connectivity index (χ4n) is 2.65. The van der Waals surface area contributed by atoms with Crippen LogP contribution in [0.1, 0.15) is 25.1 Å². The van der Waals surface area contributed by atoms with Crippen LogP contribution in [0.15, 0.2) is 56.7 Å². The highest BCUT2D eigenvalue weighted by Crippen LogP contribution is 2.29. The van der Waals surface area contributed by atoms with Crippen LogP contribution in [0, 0.1) is 0 Å². The average molecular weight is 356 g/mol. The molecule has 0 spiro atoms. The van der Waals surface area contributed by atoms with Gasteiger partial charge in [0.25, 0.3) is 11.1 Å². The first-order valence-corrected chi connectivity index (χ1v) is 8.19. The largest absolute Gasteiger partial charge is 0.506 e. The number of hydrogen-bond acceptors (Lipinski definition) is 6. The summed E-state index contributed by atoms with van der Waals surface area (Å²) in [7, 11) is 1.45. The van der Waals surface area contributed by atoms with E-state index in [0.717, 1.165) is 4.68 Å². The number of phenols is 1. The quantitative estimate of drug-likeness (QED) is 0.505. The number of benzene rings is 1. The first-order valence-electron chi connectivity index (χ1n) is 8.19. The van der Waals surface area contributed by atoms with Gasteiger partial charge in [-0.2, -0.15) is 0 Å². The molecule has 0 amide bonds. The van der Waals surface area contributed by atoms with Crippen LogP contribution >= 0.6 is 0 Å². The summed E-state index contributed by atoms with van der Waals surface area (Å²) in [5.74, 6) is 0.625. The Hall–Kier alpha value is -3.42. The molecule has 0 saturated carbocycles. The van der Waals surface area contributed by atoms with Crippen molar-refractivity contribution in [2.24, 2.45) is 7.05 Å². The first-order chi connectivity index (χ1) is 12.5. The lowest BCUT2D eigenvalue weighted by atomic mass is 10.1. The summed E-state index contributed by atoms with van der Waals surface area (Å²) < 4.78 is 6.50. The van der Waals surface area contributed by atoms with Crippen LogP contribution in [0.2, 0.25) is 0 Å². The van der Waals surface area contributed by atoms with Crippen molar-refractivity contribution >= 4 is 17.1 Å². The number of aromatic hydroxyl groups is 1. The minimum absolute atomic E-state index is 0.0288. The molecular formula is C18H20N4O4. The van der Waals surface area contributed by atoms with Gasteiger partial charge in [-0.1, -0.05) is 19.1 Å². The number of nitrogens with one attached hydrogen (secondary N) is 3. The Labute approximate surface area is 149 Å². The Morgan fingerprint density at radius 3 is 2.62 bits per heavy atom. The Morgan fingerprint density at radius 1 is 1.19 bits per heavy atom. The Morgan fingerprint density at radius 2 is 1.96 bits per heavy atom. The molecule has 2 aromatic heterocycles. The highest BCUT2D eigenvalue weighted by molar-refractivity contribution is 5.75. The molecule has 2 heterocycles. The van der Waals surface area contributed by atoms with Crippen molar-refractivity contribution in [3.05, 3.63) is 69.1 Å². The van der Waals surface area contributed by atoms with Gasteiger partial charge in [0.05, 0.1) is 18.0 Å². The third-order valence-corrected chi connectivity index (χ3v) is 4.04. The van der Waals surface area contributed by atoms with Crippen molar-refractivity contribution in [1.82, 2.24) is 9.78 Å². The molecule has 0 radical (unpaired) electrons. The van der Waals surface area contributed by atoms with Gasteiger partial charge in [-0.05, 0) is 30.7 Å². The zero-order valence-electron chi connectivity index (χ0n) is 14.4. The fraction of sp³-hybridized carbons (Fsp3) is 0.222. The predicted molar refractivity (Wildman–Crippen MR) is 99.1 cm³/mol. The van der Waals surface area contributed by atoms with E-state index in [-0.39, 0.29) is 23.2 Å². The normalized spacial score (nSPS) is 11.9. The van der Waals surface area contributed by atoms with Gasteiger partial charge in [-0.15, -0.1) is 0 Å². The number of hydrogen-bond donors (Lipinski definition) is 4. The number of furan rings is 1. The number of para-hydroxylation sites is 2. The van der Waals surface area contributed by atoms with Gasteiger partial charge in [-0.3, -0.25) is 19.4 Å². The molecule has 26 heavy (non-hydrogen) atoms. The fourth-order valence-corrected chi connectivity index (χ4v) is 2.65. The van der Waals surface area contributed by atoms with Crippen LogP contribution in [0.5, 0.6) is 5.75 Å². The Kier molecular flexibility index (Phi) is 4.83. The third-order valence-electron chi connectivity index (χ3n) is 4.04. The summed E-state index contributed by atoms with van der Waals surface area (Å²) in [4.78, 5) is 25.1. The lowest BCUT2D eigenvalue weighted by Crippen LogP contribution is -2.32. The van der Waals surface area contributed by atoms with E-state index in [9.17, 15) is 14.7 Å². The van der Waals surface area contributed by atoms with Crippen LogP contribution in [0.4, 0.5) is 17.1 Å². The minimum atomic E-state index is -0.463. The molecule has 0 fully saturated rings. The summed E-state index contributed by atoms with van der Waals surface area (Å²) in [5, 5.41) is 18.4. The molecule has 4 N–H and O–H groups in total. The van der Waals surface area contributed by atoms with E-state index < -0.39 is 11.1 Å². The van der Waals surface area contributed by atoms with E-state index in [2.05, 4.69) is 15.7 Å². The van der Waals surface area contributed by atoms with E-state index in [1.165, 1.54) is 13.1 Å². The molecule has 8 heteroatoms.